The molecule has 1 fully saturated rings. The second kappa shape index (κ2) is 6.51. The summed E-state index contributed by atoms with van der Waals surface area (Å²) in [6.07, 6.45) is 1.03. The first-order valence-electron chi connectivity index (χ1n) is 4.35. The van der Waals surface area contributed by atoms with E-state index in [1.165, 1.54) is 4.90 Å². The van der Waals surface area contributed by atoms with Crippen LogP contribution in [-0.2, 0) is 42.3 Å². The Balaban J connectivity index is 0.00000169. The van der Waals surface area contributed by atoms with Crippen molar-refractivity contribution in [1.29, 1.82) is 0 Å². The van der Waals surface area contributed by atoms with Crippen molar-refractivity contribution in [3.05, 3.63) is 13.8 Å². The van der Waals surface area contributed by atoms with Crippen molar-refractivity contribution in [3.8, 4) is 0 Å². The molecule has 1 saturated heterocycles. The Hall–Kier alpha value is 0.0439. The van der Waals surface area contributed by atoms with Gasteiger partial charge in [0.05, 0.1) is 0 Å². The smallest absolute Gasteiger partial charge is 0.240 e. The first-order valence-corrected chi connectivity index (χ1v) is 4.35. The van der Waals surface area contributed by atoms with Crippen LogP contribution >= 0.6 is 0 Å². The summed E-state index contributed by atoms with van der Waals surface area (Å²) in [4.78, 5) is 24.0. The molecule has 4 nitrogen and oxygen atoms in total. The fourth-order valence-electron chi connectivity index (χ4n) is 1.35. The molecule has 1 N–H and O–H groups in total. The minimum atomic E-state index is -0.351. The van der Waals surface area contributed by atoms with E-state index < -0.39 is 0 Å². The zero-order chi connectivity index (χ0) is 9.84. The van der Waals surface area contributed by atoms with Gasteiger partial charge in [-0.3, -0.25) is 9.59 Å². The van der Waals surface area contributed by atoms with Crippen molar-refractivity contribution < 1.29 is 42.3 Å². The number of nitrogens with zero attached hydrogens (tertiary/aromatic N) is 1. The van der Waals surface area contributed by atoms with Gasteiger partial charge in [-0.05, 0) is 6.42 Å². The molecule has 77 valence electrons. The zero-order valence-corrected chi connectivity index (χ0v) is 11.0. The first-order chi connectivity index (χ1) is 6.19. The summed E-state index contributed by atoms with van der Waals surface area (Å²) in [6.45, 7) is 8.04. The molecule has 0 spiro atoms. The van der Waals surface area contributed by atoms with E-state index >= 15 is 0 Å². The van der Waals surface area contributed by atoms with Crippen molar-refractivity contribution >= 4 is 11.8 Å². The predicted molar refractivity (Wildman–Crippen MR) is 48.5 cm³/mol. The van der Waals surface area contributed by atoms with E-state index in [9.17, 15) is 9.59 Å². The van der Waals surface area contributed by atoms with Crippen LogP contribution in [0.2, 0.25) is 0 Å². The molecule has 1 rings (SSSR count). The van der Waals surface area contributed by atoms with Crippen molar-refractivity contribution in [2.24, 2.45) is 0 Å². The standard InChI is InChI=1S/C9H14N2O2.Y/c1-3-11(4-2)9(13)7-5-6-8(12)10-7;/h7H,1-6H2,(H,10,12);/q-2;. The maximum Gasteiger partial charge on any atom is 0.240 e. The molecule has 2 amide bonds. The predicted octanol–water partition coefficient (Wildman–Crippen LogP) is -0.241. The third-order valence-electron chi connectivity index (χ3n) is 2.14. The Morgan fingerprint density at radius 3 is 2.43 bits per heavy atom. The van der Waals surface area contributed by atoms with Gasteiger partial charge in [-0.15, -0.1) is 13.1 Å². The number of nitrogens with one attached hydrogen (secondary N) is 1. The largest absolute Gasteiger partial charge is 0.401 e. The molecule has 14 heavy (non-hydrogen) atoms. The van der Waals surface area contributed by atoms with Gasteiger partial charge in [-0.25, -0.2) is 0 Å². The molecule has 0 aromatic heterocycles. The fourth-order valence-corrected chi connectivity index (χ4v) is 1.35. The van der Waals surface area contributed by atoms with Crippen LogP contribution in [0, 0.1) is 13.8 Å². The van der Waals surface area contributed by atoms with Gasteiger partial charge in [-0.1, -0.05) is 0 Å². The summed E-state index contributed by atoms with van der Waals surface area (Å²) in [6, 6.07) is -0.351. The van der Waals surface area contributed by atoms with E-state index in [1.54, 1.807) is 0 Å². The van der Waals surface area contributed by atoms with Gasteiger partial charge < -0.3 is 24.1 Å². The van der Waals surface area contributed by atoms with E-state index in [4.69, 9.17) is 0 Å². The summed E-state index contributed by atoms with van der Waals surface area (Å²) in [7, 11) is 0. The summed E-state index contributed by atoms with van der Waals surface area (Å²) in [5.74, 6) is -0.123. The van der Waals surface area contributed by atoms with Gasteiger partial charge in [-0.2, -0.15) is 0 Å². The van der Waals surface area contributed by atoms with Crippen LogP contribution in [0.4, 0.5) is 0 Å². The first kappa shape index (κ1) is 14.0. The quantitative estimate of drug-likeness (QED) is 0.720. The van der Waals surface area contributed by atoms with E-state index in [0.717, 1.165) is 0 Å². The minimum absolute atomic E-state index is 0. The van der Waals surface area contributed by atoms with Crippen LogP contribution in [0.25, 0.3) is 0 Å². The van der Waals surface area contributed by atoms with Gasteiger partial charge >= 0.3 is 0 Å². The zero-order valence-electron chi connectivity index (χ0n) is 8.16. The third kappa shape index (κ3) is 3.32. The minimum Gasteiger partial charge on any atom is -0.401 e. The summed E-state index contributed by atoms with van der Waals surface area (Å²) in [5, 5.41) is 2.62. The third-order valence-corrected chi connectivity index (χ3v) is 2.14. The molecule has 1 aliphatic heterocycles. The molecular formula is C9H14N2O2Y-2. The van der Waals surface area contributed by atoms with Gasteiger partial charge in [0.15, 0.2) is 0 Å². The maximum atomic E-state index is 11.6. The molecule has 0 aromatic carbocycles. The van der Waals surface area contributed by atoms with Crippen LogP contribution < -0.4 is 5.32 Å². The van der Waals surface area contributed by atoms with E-state index in [-0.39, 0.29) is 50.6 Å². The average Bonchev–Trinajstić information content (AvgIpc) is 2.54. The number of hydrogen-bond acceptors (Lipinski definition) is 2. The summed E-state index contributed by atoms with van der Waals surface area (Å²) < 4.78 is 0. The van der Waals surface area contributed by atoms with Crippen LogP contribution in [-0.4, -0.2) is 35.8 Å². The Morgan fingerprint density at radius 2 is 2.07 bits per heavy atom. The van der Waals surface area contributed by atoms with Gasteiger partial charge in [0.25, 0.3) is 0 Å². The van der Waals surface area contributed by atoms with Gasteiger partial charge in [0.1, 0.15) is 6.04 Å². The number of carbonyl (C=O) groups excluding carboxylic acids is 2. The molecule has 1 radical (unpaired) electrons. The second-order valence-electron chi connectivity index (χ2n) is 2.98. The maximum absolute atomic E-state index is 11.6. The molecule has 5 heteroatoms. The fraction of sp³-hybridized carbons (Fsp3) is 0.556. The van der Waals surface area contributed by atoms with E-state index in [2.05, 4.69) is 19.2 Å². The molecule has 0 aromatic rings. The van der Waals surface area contributed by atoms with Crippen molar-refractivity contribution in [2.75, 3.05) is 13.1 Å². The van der Waals surface area contributed by atoms with Gasteiger partial charge in [0.2, 0.25) is 11.8 Å². The molecule has 1 atom stereocenters. The molecular weight excluding hydrogens is 257 g/mol. The van der Waals surface area contributed by atoms with E-state index in [1.807, 2.05) is 0 Å². The van der Waals surface area contributed by atoms with Crippen LogP contribution in [0.1, 0.15) is 12.8 Å². The number of rotatable bonds is 3. The molecule has 1 aliphatic rings. The summed E-state index contributed by atoms with van der Waals surface area (Å²) >= 11 is 0. The Kier molecular flexibility index (Phi) is 6.53. The van der Waals surface area contributed by atoms with Crippen molar-refractivity contribution in [1.82, 2.24) is 10.2 Å². The molecule has 1 unspecified atom stereocenters. The molecule has 0 saturated carbocycles. The monoisotopic (exact) mass is 271 g/mol. The SMILES string of the molecule is [CH2-]CN(C[CH2-])C(=O)C1CCC(=O)N1.[Y]. The average molecular weight is 271 g/mol. The normalized spacial score (nSPS) is 19.9. The Morgan fingerprint density at radius 1 is 1.50 bits per heavy atom. The molecule has 0 aliphatic carbocycles. The summed E-state index contributed by atoms with van der Waals surface area (Å²) in [5.41, 5.74) is 0. The second-order valence-corrected chi connectivity index (χ2v) is 2.98. The Labute approximate surface area is 110 Å². The van der Waals surface area contributed by atoms with Crippen LogP contribution in [0.15, 0.2) is 0 Å². The number of hydrogen-bond donors (Lipinski definition) is 1. The van der Waals surface area contributed by atoms with Crippen LogP contribution in [0.5, 0.6) is 0 Å². The van der Waals surface area contributed by atoms with Crippen molar-refractivity contribution in [3.63, 3.8) is 0 Å². The number of amides is 2. The Bertz CT molecular complexity index is 217. The van der Waals surface area contributed by atoms with Crippen molar-refractivity contribution in [2.45, 2.75) is 18.9 Å². The van der Waals surface area contributed by atoms with Gasteiger partial charge in [0, 0.05) is 39.1 Å². The van der Waals surface area contributed by atoms with E-state index in [0.29, 0.717) is 25.9 Å². The molecule has 1 heterocycles. The van der Waals surface area contributed by atoms with Crippen LogP contribution in [0.3, 0.4) is 0 Å². The number of carbonyl (C=O) groups is 2. The molecule has 0 bridgehead atoms. The topological polar surface area (TPSA) is 49.4 Å².